The average molecular weight is 231 g/mol. The summed E-state index contributed by atoms with van der Waals surface area (Å²) in [7, 11) is 0. The van der Waals surface area contributed by atoms with Gasteiger partial charge in [-0.3, -0.25) is 4.79 Å². The van der Waals surface area contributed by atoms with Gasteiger partial charge in [0.15, 0.2) is 5.78 Å². The number of anilines is 1. The minimum Gasteiger partial charge on any atom is -0.369 e. The second-order valence-electron chi connectivity index (χ2n) is 4.86. The molecule has 2 heteroatoms. The van der Waals surface area contributed by atoms with Gasteiger partial charge in [-0.15, -0.1) is 0 Å². The molecule has 1 aliphatic rings. The zero-order valence-corrected chi connectivity index (χ0v) is 10.8. The summed E-state index contributed by atoms with van der Waals surface area (Å²) >= 11 is 0. The highest BCUT2D eigenvalue weighted by molar-refractivity contribution is 5.96. The van der Waals surface area contributed by atoms with Gasteiger partial charge in [-0.25, -0.2) is 0 Å². The van der Waals surface area contributed by atoms with Gasteiger partial charge in [-0.05, 0) is 50.5 Å². The van der Waals surface area contributed by atoms with Crippen LogP contribution in [0.2, 0.25) is 0 Å². The van der Waals surface area contributed by atoms with Crippen molar-refractivity contribution in [2.24, 2.45) is 0 Å². The van der Waals surface area contributed by atoms with Crippen LogP contribution in [0.25, 0.3) is 0 Å². The number of benzene rings is 1. The smallest absolute Gasteiger partial charge is 0.162 e. The number of hydrogen-bond donors (Lipinski definition) is 0. The van der Waals surface area contributed by atoms with E-state index in [2.05, 4.69) is 24.0 Å². The van der Waals surface area contributed by atoms with Gasteiger partial charge < -0.3 is 4.90 Å². The van der Waals surface area contributed by atoms with Crippen molar-refractivity contribution in [2.45, 2.75) is 45.6 Å². The van der Waals surface area contributed by atoms with Crippen molar-refractivity contribution in [1.82, 2.24) is 0 Å². The number of nitrogens with zero attached hydrogens (tertiary/aromatic N) is 1. The fraction of sp³-hybridized carbons (Fsp3) is 0.533. The molecule has 0 amide bonds. The summed E-state index contributed by atoms with van der Waals surface area (Å²) in [6, 6.07) is 8.72. The summed E-state index contributed by atoms with van der Waals surface area (Å²) in [5.41, 5.74) is 2.09. The van der Waals surface area contributed by atoms with E-state index in [1.165, 1.54) is 24.9 Å². The van der Waals surface area contributed by atoms with Gasteiger partial charge >= 0.3 is 0 Å². The molecule has 0 saturated carbocycles. The van der Waals surface area contributed by atoms with E-state index in [-0.39, 0.29) is 5.78 Å². The van der Waals surface area contributed by atoms with Crippen LogP contribution >= 0.6 is 0 Å². The Labute approximate surface area is 104 Å². The predicted molar refractivity (Wildman–Crippen MR) is 71.7 cm³/mol. The highest BCUT2D eigenvalue weighted by Crippen LogP contribution is 2.24. The Kier molecular flexibility index (Phi) is 3.82. The lowest BCUT2D eigenvalue weighted by Crippen LogP contribution is -2.37. The predicted octanol–water partition coefficient (Wildman–Crippen LogP) is 3.66. The van der Waals surface area contributed by atoms with Gasteiger partial charge in [-0.2, -0.15) is 0 Å². The summed E-state index contributed by atoms with van der Waals surface area (Å²) < 4.78 is 0. The Balaban J connectivity index is 2.14. The number of ketones is 1. The number of rotatable bonds is 3. The third-order valence-electron chi connectivity index (χ3n) is 3.65. The fourth-order valence-corrected chi connectivity index (χ4v) is 2.52. The first-order chi connectivity index (χ1) is 8.22. The molecule has 1 aromatic rings. The molecule has 0 aliphatic carbocycles. The summed E-state index contributed by atoms with van der Waals surface area (Å²) in [5, 5.41) is 0. The van der Waals surface area contributed by atoms with Crippen LogP contribution in [0, 0.1) is 0 Å². The van der Waals surface area contributed by atoms with Crippen LogP contribution in [-0.2, 0) is 0 Å². The van der Waals surface area contributed by atoms with Crippen molar-refractivity contribution in [2.75, 3.05) is 11.4 Å². The normalized spacial score (nSPS) is 20.4. The summed E-state index contributed by atoms with van der Waals surface area (Å²) in [5.74, 6) is 0.225. The summed E-state index contributed by atoms with van der Waals surface area (Å²) in [6.45, 7) is 5.33. The molecule has 2 nitrogen and oxygen atoms in total. The lowest BCUT2D eigenvalue weighted by atomic mass is 10.0. The van der Waals surface area contributed by atoms with Crippen molar-refractivity contribution < 1.29 is 4.79 Å². The van der Waals surface area contributed by atoms with Gasteiger partial charge in [0.25, 0.3) is 0 Å². The monoisotopic (exact) mass is 231 g/mol. The van der Waals surface area contributed by atoms with Gasteiger partial charge in [0.05, 0.1) is 0 Å². The van der Waals surface area contributed by atoms with Crippen LogP contribution in [0.4, 0.5) is 5.69 Å². The maximum atomic E-state index is 11.6. The van der Waals surface area contributed by atoms with Crippen molar-refractivity contribution >= 4 is 11.5 Å². The van der Waals surface area contributed by atoms with Crippen molar-refractivity contribution in [3.05, 3.63) is 29.8 Å². The number of carbonyl (C=O) groups excluding carboxylic acids is 1. The Hall–Kier alpha value is -1.31. The largest absolute Gasteiger partial charge is 0.369 e. The van der Waals surface area contributed by atoms with E-state index < -0.39 is 0 Å². The van der Waals surface area contributed by atoms with Crippen LogP contribution in [0.5, 0.6) is 0 Å². The third-order valence-corrected chi connectivity index (χ3v) is 3.65. The molecule has 1 unspecified atom stereocenters. The van der Waals surface area contributed by atoms with Gasteiger partial charge in [-0.1, -0.05) is 6.92 Å². The molecule has 0 aromatic heterocycles. The molecule has 1 aliphatic heterocycles. The molecule has 2 rings (SSSR count). The third kappa shape index (κ3) is 2.68. The van der Waals surface area contributed by atoms with E-state index in [0.29, 0.717) is 12.5 Å². The zero-order chi connectivity index (χ0) is 12.3. The molecule has 0 radical (unpaired) electrons. The van der Waals surface area contributed by atoms with E-state index in [9.17, 15) is 4.79 Å². The van der Waals surface area contributed by atoms with E-state index >= 15 is 0 Å². The van der Waals surface area contributed by atoms with Crippen LogP contribution < -0.4 is 4.90 Å². The van der Waals surface area contributed by atoms with Crippen LogP contribution in [0.3, 0.4) is 0 Å². The minimum atomic E-state index is 0.225. The molecule has 17 heavy (non-hydrogen) atoms. The van der Waals surface area contributed by atoms with Crippen LogP contribution in [-0.4, -0.2) is 18.4 Å². The second kappa shape index (κ2) is 5.35. The Morgan fingerprint density at radius 3 is 2.59 bits per heavy atom. The fourth-order valence-electron chi connectivity index (χ4n) is 2.52. The Bertz CT molecular complexity index is 382. The van der Waals surface area contributed by atoms with E-state index in [1.54, 1.807) is 0 Å². The molecule has 1 aromatic carbocycles. The maximum absolute atomic E-state index is 11.6. The molecule has 1 atom stereocenters. The number of carbonyl (C=O) groups is 1. The summed E-state index contributed by atoms with van der Waals surface area (Å²) in [4.78, 5) is 14.0. The summed E-state index contributed by atoms with van der Waals surface area (Å²) in [6.07, 6.45) is 4.47. The number of Topliss-reactive ketones (excluding diaryl/α,β-unsaturated/α-hetero) is 1. The van der Waals surface area contributed by atoms with E-state index in [1.807, 2.05) is 19.1 Å². The quantitative estimate of drug-likeness (QED) is 0.740. The molecule has 1 heterocycles. The molecule has 0 N–H and O–H groups in total. The van der Waals surface area contributed by atoms with Gasteiger partial charge in [0.2, 0.25) is 0 Å². The first-order valence-corrected chi connectivity index (χ1v) is 6.62. The van der Waals surface area contributed by atoms with Crippen molar-refractivity contribution in [3.8, 4) is 0 Å². The van der Waals surface area contributed by atoms with E-state index in [4.69, 9.17) is 0 Å². The molecule has 0 bridgehead atoms. The van der Waals surface area contributed by atoms with Crippen molar-refractivity contribution in [3.63, 3.8) is 0 Å². The maximum Gasteiger partial charge on any atom is 0.162 e. The van der Waals surface area contributed by atoms with Crippen LogP contribution in [0.1, 0.15) is 49.9 Å². The molecule has 1 fully saturated rings. The van der Waals surface area contributed by atoms with E-state index in [0.717, 1.165) is 12.1 Å². The second-order valence-corrected chi connectivity index (χ2v) is 4.86. The standard InChI is InChI=1S/C15H21NO/c1-3-15(17)13-7-9-14(10-8-13)16-11-5-4-6-12(16)2/h7-10,12H,3-6,11H2,1-2H3. The lowest BCUT2D eigenvalue weighted by Gasteiger charge is -2.35. The SMILES string of the molecule is CCC(=O)c1ccc(N2CCCCC2C)cc1. The first-order valence-electron chi connectivity index (χ1n) is 6.62. The topological polar surface area (TPSA) is 20.3 Å². The molecular formula is C15H21NO. The highest BCUT2D eigenvalue weighted by atomic mass is 16.1. The molecular weight excluding hydrogens is 210 g/mol. The Morgan fingerprint density at radius 2 is 2.00 bits per heavy atom. The van der Waals surface area contributed by atoms with Crippen molar-refractivity contribution in [1.29, 1.82) is 0 Å². The molecule has 1 saturated heterocycles. The highest BCUT2D eigenvalue weighted by Gasteiger charge is 2.18. The number of hydrogen-bond acceptors (Lipinski definition) is 2. The Morgan fingerprint density at radius 1 is 1.29 bits per heavy atom. The lowest BCUT2D eigenvalue weighted by molar-refractivity contribution is 0.0988. The van der Waals surface area contributed by atoms with Gasteiger partial charge in [0, 0.05) is 30.3 Å². The van der Waals surface area contributed by atoms with Crippen LogP contribution in [0.15, 0.2) is 24.3 Å². The molecule has 92 valence electrons. The first kappa shape index (κ1) is 12.2. The van der Waals surface area contributed by atoms with Gasteiger partial charge in [0.1, 0.15) is 0 Å². The average Bonchev–Trinajstić information content (AvgIpc) is 2.39. The minimum absolute atomic E-state index is 0.225. The zero-order valence-electron chi connectivity index (χ0n) is 10.8. The molecule has 0 spiro atoms. The number of piperidine rings is 1.